The standard InChI is InChI=1S/C10H17NO2/c1-7(2)11-6-8-3-4-9(5-8)10(12)13/h3-4,7-9,11H,5-6H2,1-2H3,(H,12,13). The second-order valence-corrected chi connectivity index (χ2v) is 3.89. The van der Waals surface area contributed by atoms with E-state index >= 15 is 0 Å². The summed E-state index contributed by atoms with van der Waals surface area (Å²) in [5.74, 6) is -0.578. The number of carboxylic acid groups (broad SMARTS) is 1. The van der Waals surface area contributed by atoms with Gasteiger partial charge in [0.05, 0.1) is 5.92 Å². The van der Waals surface area contributed by atoms with Gasteiger partial charge in [-0.2, -0.15) is 0 Å². The molecule has 1 aliphatic rings. The van der Waals surface area contributed by atoms with Crippen molar-refractivity contribution >= 4 is 5.97 Å². The van der Waals surface area contributed by atoms with Gasteiger partial charge in [-0.3, -0.25) is 4.79 Å². The maximum Gasteiger partial charge on any atom is 0.310 e. The molecule has 0 aromatic carbocycles. The summed E-state index contributed by atoms with van der Waals surface area (Å²) in [5, 5.41) is 12.0. The molecule has 1 rings (SSSR count). The fourth-order valence-corrected chi connectivity index (χ4v) is 1.50. The molecule has 0 saturated carbocycles. The predicted molar refractivity (Wildman–Crippen MR) is 51.5 cm³/mol. The highest BCUT2D eigenvalue weighted by atomic mass is 16.4. The van der Waals surface area contributed by atoms with Crippen LogP contribution in [0.15, 0.2) is 12.2 Å². The van der Waals surface area contributed by atoms with Gasteiger partial charge >= 0.3 is 5.97 Å². The molecule has 0 aromatic heterocycles. The Morgan fingerprint density at radius 1 is 1.62 bits per heavy atom. The molecular formula is C10H17NO2. The van der Waals surface area contributed by atoms with E-state index < -0.39 is 5.97 Å². The minimum absolute atomic E-state index is 0.265. The first-order valence-corrected chi connectivity index (χ1v) is 4.74. The van der Waals surface area contributed by atoms with Crippen LogP contribution in [-0.4, -0.2) is 23.7 Å². The lowest BCUT2D eigenvalue weighted by Gasteiger charge is -2.12. The van der Waals surface area contributed by atoms with E-state index in [0.717, 1.165) is 13.0 Å². The third-order valence-electron chi connectivity index (χ3n) is 2.28. The van der Waals surface area contributed by atoms with Crippen molar-refractivity contribution in [3.8, 4) is 0 Å². The van der Waals surface area contributed by atoms with Crippen LogP contribution in [0.2, 0.25) is 0 Å². The van der Waals surface area contributed by atoms with Crippen LogP contribution in [0, 0.1) is 11.8 Å². The first-order valence-electron chi connectivity index (χ1n) is 4.74. The van der Waals surface area contributed by atoms with Crippen molar-refractivity contribution in [3.63, 3.8) is 0 Å². The second-order valence-electron chi connectivity index (χ2n) is 3.89. The Hall–Kier alpha value is -0.830. The van der Waals surface area contributed by atoms with Gasteiger partial charge < -0.3 is 10.4 Å². The zero-order chi connectivity index (χ0) is 9.84. The van der Waals surface area contributed by atoms with Gasteiger partial charge in [0, 0.05) is 12.6 Å². The fourth-order valence-electron chi connectivity index (χ4n) is 1.50. The summed E-state index contributed by atoms with van der Waals surface area (Å²) in [5.41, 5.74) is 0. The average Bonchev–Trinajstić information content (AvgIpc) is 2.48. The molecule has 0 spiro atoms. The molecule has 0 amide bonds. The summed E-state index contributed by atoms with van der Waals surface area (Å²) in [6.07, 6.45) is 4.55. The molecule has 74 valence electrons. The molecule has 2 atom stereocenters. The molecule has 0 radical (unpaired) electrons. The third kappa shape index (κ3) is 3.19. The molecule has 0 heterocycles. The molecular weight excluding hydrogens is 166 g/mol. The normalized spacial score (nSPS) is 27.0. The molecule has 0 aromatic rings. The minimum Gasteiger partial charge on any atom is -0.481 e. The van der Waals surface area contributed by atoms with Crippen LogP contribution >= 0.6 is 0 Å². The third-order valence-corrected chi connectivity index (χ3v) is 2.28. The van der Waals surface area contributed by atoms with Crippen LogP contribution in [0.5, 0.6) is 0 Å². The van der Waals surface area contributed by atoms with Gasteiger partial charge in [-0.05, 0) is 12.3 Å². The summed E-state index contributed by atoms with van der Waals surface area (Å²) >= 11 is 0. The van der Waals surface area contributed by atoms with Gasteiger partial charge in [-0.15, -0.1) is 0 Å². The van der Waals surface area contributed by atoms with Crippen molar-refractivity contribution in [3.05, 3.63) is 12.2 Å². The molecule has 2 N–H and O–H groups in total. The molecule has 0 aliphatic heterocycles. The molecule has 13 heavy (non-hydrogen) atoms. The highest BCUT2D eigenvalue weighted by Gasteiger charge is 2.23. The predicted octanol–water partition coefficient (Wildman–Crippen LogP) is 1.26. The van der Waals surface area contributed by atoms with Crippen LogP contribution in [0.3, 0.4) is 0 Å². The van der Waals surface area contributed by atoms with E-state index in [1.54, 1.807) is 6.08 Å². The first-order chi connectivity index (χ1) is 6.09. The number of carboxylic acids is 1. The maximum absolute atomic E-state index is 10.6. The van der Waals surface area contributed by atoms with Crippen LogP contribution < -0.4 is 5.32 Å². The SMILES string of the molecule is CC(C)NCC1C=CC(C(=O)O)C1. The number of hydrogen-bond acceptors (Lipinski definition) is 2. The van der Waals surface area contributed by atoms with Crippen LogP contribution in [0.1, 0.15) is 20.3 Å². The van der Waals surface area contributed by atoms with Gasteiger partial charge in [0.2, 0.25) is 0 Å². The van der Waals surface area contributed by atoms with Gasteiger partial charge in [0.1, 0.15) is 0 Å². The number of nitrogens with one attached hydrogen (secondary N) is 1. The summed E-state index contributed by atoms with van der Waals surface area (Å²) in [7, 11) is 0. The molecule has 0 fully saturated rings. The van der Waals surface area contributed by atoms with Crippen molar-refractivity contribution < 1.29 is 9.90 Å². The van der Waals surface area contributed by atoms with E-state index in [1.807, 2.05) is 6.08 Å². The summed E-state index contributed by atoms with van der Waals surface area (Å²) in [4.78, 5) is 10.6. The highest BCUT2D eigenvalue weighted by molar-refractivity contribution is 5.72. The summed E-state index contributed by atoms with van der Waals surface area (Å²) in [6, 6.07) is 0.470. The molecule has 3 nitrogen and oxygen atoms in total. The smallest absolute Gasteiger partial charge is 0.310 e. The highest BCUT2D eigenvalue weighted by Crippen LogP contribution is 2.22. The van der Waals surface area contributed by atoms with E-state index in [4.69, 9.17) is 5.11 Å². The van der Waals surface area contributed by atoms with Crippen LogP contribution in [0.25, 0.3) is 0 Å². The molecule has 1 aliphatic carbocycles. The summed E-state index contributed by atoms with van der Waals surface area (Å²) in [6.45, 7) is 5.07. The van der Waals surface area contributed by atoms with Gasteiger partial charge in [0.15, 0.2) is 0 Å². The maximum atomic E-state index is 10.6. The van der Waals surface area contributed by atoms with Crippen molar-refractivity contribution in [2.45, 2.75) is 26.3 Å². The lowest BCUT2D eigenvalue weighted by Crippen LogP contribution is -2.28. The van der Waals surface area contributed by atoms with E-state index in [2.05, 4.69) is 19.2 Å². The molecule has 0 bridgehead atoms. The Kier molecular flexibility index (Phi) is 3.48. The number of carbonyl (C=O) groups is 1. The Balaban J connectivity index is 2.27. The van der Waals surface area contributed by atoms with Crippen molar-refractivity contribution in [1.82, 2.24) is 5.32 Å². The first kappa shape index (κ1) is 10.3. The molecule has 0 saturated heterocycles. The number of rotatable bonds is 4. The Bertz CT molecular complexity index is 211. The average molecular weight is 183 g/mol. The zero-order valence-corrected chi connectivity index (χ0v) is 8.16. The number of aliphatic carboxylic acids is 1. The lowest BCUT2D eigenvalue weighted by molar-refractivity contribution is -0.140. The Morgan fingerprint density at radius 3 is 2.77 bits per heavy atom. The monoisotopic (exact) mass is 183 g/mol. The second kappa shape index (κ2) is 4.42. The van der Waals surface area contributed by atoms with E-state index in [0.29, 0.717) is 12.0 Å². The van der Waals surface area contributed by atoms with Crippen molar-refractivity contribution in [2.24, 2.45) is 11.8 Å². The van der Waals surface area contributed by atoms with E-state index in [9.17, 15) is 4.79 Å². The largest absolute Gasteiger partial charge is 0.481 e. The quantitative estimate of drug-likeness (QED) is 0.645. The van der Waals surface area contributed by atoms with Gasteiger partial charge in [0.25, 0.3) is 0 Å². The zero-order valence-electron chi connectivity index (χ0n) is 8.16. The fraction of sp³-hybridized carbons (Fsp3) is 0.700. The summed E-state index contributed by atoms with van der Waals surface area (Å²) < 4.78 is 0. The molecule has 3 heteroatoms. The van der Waals surface area contributed by atoms with Crippen LogP contribution in [0.4, 0.5) is 0 Å². The van der Waals surface area contributed by atoms with Gasteiger partial charge in [-0.25, -0.2) is 0 Å². The minimum atomic E-state index is -0.705. The molecule has 2 unspecified atom stereocenters. The van der Waals surface area contributed by atoms with Crippen molar-refractivity contribution in [2.75, 3.05) is 6.54 Å². The van der Waals surface area contributed by atoms with E-state index in [-0.39, 0.29) is 5.92 Å². The van der Waals surface area contributed by atoms with E-state index in [1.165, 1.54) is 0 Å². The van der Waals surface area contributed by atoms with Crippen molar-refractivity contribution in [1.29, 1.82) is 0 Å². The lowest BCUT2D eigenvalue weighted by atomic mass is 10.0. The van der Waals surface area contributed by atoms with Crippen LogP contribution in [-0.2, 0) is 4.79 Å². The topological polar surface area (TPSA) is 49.3 Å². The Morgan fingerprint density at radius 2 is 2.31 bits per heavy atom. The number of hydrogen-bond donors (Lipinski definition) is 2. The van der Waals surface area contributed by atoms with Gasteiger partial charge in [-0.1, -0.05) is 26.0 Å². The Labute approximate surface area is 78.8 Å².